The van der Waals surface area contributed by atoms with E-state index in [9.17, 15) is 4.79 Å². The number of amides is 2. The van der Waals surface area contributed by atoms with E-state index in [2.05, 4.69) is 20.4 Å². The molecule has 3 rings (SSSR count). The number of hydrazone groups is 1. The van der Waals surface area contributed by atoms with E-state index in [1.165, 1.54) is 0 Å². The predicted molar refractivity (Wildman–Crippen MR) is 118 cm³/mol. The molecule has 3 aromatic rings. The summed E-state index contributed by atoms with van der Waals surface area (Å²) in [4.78, 5) is 12.0. The van der Waals surface area contributed by atoms with Gasteiger partial charge in [0, 0.05) is 33.3 Å². The van der Waals surface area contributed by atoms with Gasteiger partial charge in [0.2, 0.25) is 0 Å². The quantitative estimate of drug-likeness (QED) is 0.427. The highest BCUT2D eigenvalue weighted by atomic mass is 35.5. The molecule has 7 heteroatoms. The Kier molecular flexibility index (Phi) is 6.57. The van der Waals surface area contributed by atoms with Crippen LogP contribution in [0.5, 0.6) is 5.75 Å². The van der Waals surface area contributed by atoms with E-state index >= 15 is 0 Å². The highest BCUT2D eigenvalue weighted by Crippen LogP contribution is 2.22. The molecule has 0 saturated heterocycles. The molecule has 0 spiro atoms. The van der Waals surface area contributed by atoms with Crippen LogP contribution in [0.2, 0.25) is 5.02 Å². The Bertz CT molecular complexity index is 1010. The lowest BCUT2D eigenvalue weighted by Gasteiger charge is -2.11. The zero-order valence-corrected chi connectivity index (χ0v) is 17.3. The highest BCUT2D eigenvalue weighted by Gasteiger charge is 2.10. The van der Waals surface area contributed by atoms with Crippen molar-refractivity contribution in [3.8, 4) is 11.4 Å². The molecule has 0 saturated carbocycles. The molecule has 1 heterocycles. The van der Waals surface area contributed by atoms with Crippen LogP contribution in [0.15, 0.2) is 59.7 Å². The summed E-state index contributed by atoms with van der Waals surface area (Å²) in [5.41, 5.74) is 7.16. The minimum absolute atomic E-state index is 0.427. The van der Waals surface area contributed by atoms with Crippen molar-refractivity contribution in [3.05, 3.63) is 76.6 Å². The van der Waals surface area contributed by atoms with Gasteiger partial charge in [0.05, 0.1) is 12.8 Å². The zero-order chi connectivity index (χ0) is 20.8. The second kappa shape index (κ2) is 9.30. The average molecular weight is 411 g/mol. The number of carbonyl (C=O) groups excluding carboxylic acids is 1. The van der Waals surface area contributed by atoms with Gasteiger partial charge in [0.25, 0.3) is 0 Å². The maximum Gasteiger partial charge on any atom is 0.339 e. The van der Waals surface area contributed by atoms with E-state index in [-0.39, 0.29) is 0 Å². The monoisotopic (exact) mass is 410 g/mol. The highest BCUT2D eigenvalue weighted by molar-refractivity contribution is 6.30. The molecule has 0 radical (unpaired) electrons. The lowest BCUT2D eigenvalue weighted by molar-refractivity contribution is 0.252. The number of nitrogens with one attached hydrogen (secondary N) is 2. The van der Waals surface area contributed by atoms with E-state index < -0.39 is 6.03 Å². The fraction of sp³-hybridized carbons (Fsp3) is 0.182. The van der Waals surface area contributed by atoms with Crippen LogP contribution in [0, 0.1) is 13.8 Å². The zero-order valence-electron chi connectivity index (χ0n) is 16.6. The molecular formula is C22H23ClN4O2. The van der Waals surface area contributed by atoms with Crippen molar-refractivity contribution in [1.29, 1.82) is 0 Å². The number of nitrogens with zero attached hydrogens (tertiary/aromatic N) is 2. The van der Waals surface area contributed by atoms with Crippen molar-refractivity contribution in [2.24, 2.45) is 5.10 Å². The summed E-state index contributed by atoms with van der Waals surface area (Å²) < 4.78 is 7.63. The number of urea groups is 1. The number of anilines is 1. The topological polar surface area (TPSA) is 67.6 Å². The Morgan fingerprint density at radius 3 is 2.48 bits per heavy atom. The molecule has 150 valence electrons. The lowest BCUT2D eigenvalue weighted by Crippen LogP contribution is -2.24. The molecule has 0 aliphatic rings. The SMILES string of the molecule is CCOc1ccc(-n2c(C)cc(/C=N/NC(=O)Nc3ccc(Cl)cc3)c2C)cc1. The fourth-order valence-corrected chi connectivity index (χ4v) is 3.15. The number of hydrogen-bond donors (Lipinski definition) is 2. The molecule has 0 bridgehead atoms. The molecule has 2 aromatic carbocycles. The van der Waals surface area contributed by atoms with Crippen LogP contribution in [0.4, 0.5) is 10.5 Å². The number of halogens is 1. The number of ether oxygens (including phenoxy) is 1. The van der Waals surface area contributed by atoms with Crippen LogP contribution >= 0.6 is 11.6 Å². The van der Waals surface area contributed by atoms with Crippen LogP contribution in [-0.2, 0) is 0 Å². The van der Waals surface area contributed by atoms with Crippen molar-refractivity contribution in [1.82, 2.24) is 9.99 Å². The molecular weight excluding hydrogens is 388 g/mol. The van der Waals surface area contributed by atoms with E-state index in [4.69, 9.17) is 16.3 Å². The molecule has 1 aromatic heterocycles. The Balaban J connectivity index is 1.67. The molecule has 6 nitrogen and oxygen atoms in total. The van der Waals surface area contributed by atoms with Gasteiger partial charge in [-0.2, -0.15) is 5.10 Å². The van der Waals surface area contributed by atoms with Crippen molar-refractivity contribution < 1.29 is 9.53 Å². The smallest absolute Gasteiger partial charge is 0.339 e. The lowest BCUT2D eigenvalue weighted by atomic mass is 10.2. The van der Waals surface area contributed by atoms with Gasteiger partial charge in [-0.25, -0.2) is 10.2 Å². The van der Waals surface area contributed by atoms with Gasteiger partial charge in [0.1, 0.15) is 5.75 Å². The minimum atomic E-state index is -0.427. The standard InChI is InChI=1S/C22H23ClN4O2/c1-4-29-21-11-9-20(10-12-21)27-15(2)13-17(16(27)3)14-24-26-22(28)25-19-7-5-18(23)6-8-19/h5-14H,4H2,1-3H3,(H2,25,26,28)/b24-14+. The Labute approximate surface area is 175 Å². The summed E-state index contributed by atoms with van der Waals surface area (Å²) >= 11 is 5.84. The Morgan fingerprint density at radius 2 is 1.83 bits per heavy atom. The van der Waals surface area contributed by atoms with Crippen LogP contribution in [-0.4, -0.2) is 23.4 Å². The van der Waals surface area contributed by atoms with Crippen LogP contribution in [0.25, 0.3) is 5.69 Å². The molecule has 2 N–H and O–H groups in total. The Morgan fingerprint density at radius 1 is 1.14 bits per heavy atom. The predicted octanol–water partition coefficient (Wildman–Crippen LogP) is 5.30. The summed E-state index contributed by atoms with van der Waals surface area (Å²) in [5.74, 6) is 0.844. The number of aryl methyl sites for hydroxylation is 1. The second-order valence-corrected chi connectivity index (χ2v) is 6.86. The van der Waals surface area contributed by atoms with Crippen LogP contribution in [0.3, 0.4) is 0 Å². The van der Waals surface area contributed by atoms with Gasteiger partial charge < -0.3 is 14.6 Å². The van der Waals surface area contributed by atoms with Crippen molar-refractivity contribution >= 4 is 29.5 Å². The maximum absolute atomic E-state index is 12.0. The molecule has 0 aliphatic heterocycles. The van der Waals surface area contributed by atoms with Gasteiger partial charge in [-0.05, 0) is 75.4 Å². The fourth-order valence-electron chi connectivity index (χ4n) is 3.03. The molecule has 0 fully saturated rings. The summed E-state index contributed by atoms with van der Waals surface area (Å²) in [6.07, 6.45) is 1.63. The van der Waals surface area contributed by atoms with E-state index in [0.717, 1.165) is 28.4 Å². The average Bonchev–Trinajstić information content (AvgIpc) is 2.98. The number of hydrogen-bond acceptors (Lipinski definition) is 3. The second-order valence-electron chi connectivity index (χ2n) is 6.42. The van der Waals surface area contributed by atoms with Gasteiger partial charge in [-0.3, -0.25) is 0 Å². The minimum Gasteiger partial charge on any atom is -0.494 e. The third kappa shape index (κ3) is 5.18. The van der Waals surface area contributed by atoms with Crippen molar-refractivity contribution in [3.63, 3.8) is 0 Å². The first-order chi connectivity index (χ1) is 14.0. The first-order valence-electron chi connectivity index (χ1n) is 9.25. The summed E-state index contributed by atoms with van der Waals surface area (Å²) in [6, 6.07) is 16.4. The summed E-state index contributed by atoms with van der Waals surface area (Å²) in [7, 11) is 0. The van der Waals surface area contributed by atoms with Crippen molar-refractivity contribution in [2.45, 2.75) is 20.8 Å². The molecule has 0 unspecified atom stereocenters. The van der Waals surface area contributed by atoms with E-state index in [0.29, 0.717) is 17.3 Å². The van der Waals surface area contributed by atoms with Crippen LogP contribution < -0.4 is 15.5 Å². The van der Waals surface area contributed by atoms with Gasteiger partial charge in [-0.15, -0.1) is 0 Å². The largest absolute Gasteiger partial charge is 0.494 e. The van der Waals surface area contributed by atoms with Gasteiger partial charge in [0.15, 0.2) is 0 Å². The molecule has 29 heavy (non-hydrogen) atoms. The maximum atomic E-state index is 12.0. The normalized spacial score (nSPS) is 10.9. The van der Waals surface area contributed by atoms with Gasteiger partial charge in [-0.1, -0.05) is 11.6 Å². The molecule has 0 atom stereocenters. The molecule has 0 aliphatic carbocycles. The molecule has 2 amide bonds. The third-order valence-corrected chi connectivity index (χ3v) is 4.60. The number of rotatable bonds is 6. The summed E-state index contributed by atoms with van der Waals surface area (Å²) in [6.45, 7) is 6.64. The van der Waals surface area contributed by atoms with Crippen LogP contribution in [0.1, 0.15) is 23.9 Å². The van der Waals surface area contributed by atoms with E-state index in [1.54, 1.807) is 30.5 Å². The van der Waals surface area contributed by atoms with E-state index in [1.807, 2.05) is 51.1 Å². The number of carbonyl (C=O) groups is 1. The van der Waals surface area contributed by atoms with Gasteiger partial charge >= 0.3 is 6.03 Å². The Hall–Kier alpha value is -3.25. The number of aromatic nitrogens is 1. The number of benzene rings is 2. The summed E-state index contributed by atoms with van der Waals surface area (Å²) in [5, 5.41) is 7.35. The van der Waals surface area contributed by atoms with Crippen molar-refractivity contribution in [2.75, 3.05) is 11.9 Å². The third-order valence-electron chi connectivity index (χ3n) is 4.35. The first-order valence-corrected chi connectivity index (χ1v) is 9.63. The first kappa shape index (κ1) is 20.5.